The zero-order chi connectivity index (χ0) is 24.8. The molecule has 1 aliphatic heterocycles. The van der Waals surface area contributed by atoms with Gasteiger partial charge in [0.15, 0.2) is 0 Å². The van der Waals surface area contributed by atoms with E-state index in [2.05, 4.69) is 27.4 Å². The molecule has 1 atom stereocenters. The number of ether oxygens (including phenoxy) is 1. The van der Waals surface area contributed by atoms with Crippen LogP contribution < -0.4 is 4.74 Å². The van der Waals surface area contributed by atoms with Crippen LogP contribution in [0.25, 0.3) is 10.9 Å². The van der Waals surface area contributed by atoms with Crippen molar-refractivity contribution in [2.75, 3.05) is 32.5 Å². The molecular formula is C26H31FN2O4S2. The first-order valence-corrected chi connectivity index (χ1v) is 13.7. The molecule has 3 heterocycles. The summed E-state index contributed by atoms with van der Waals surface area (Å²) < 4.78 is 21.4. The number of carboxylic acid groups (broad SMARTS) is 1. The van der Waals surface area contributed by atoms with Crippen molar-refractivity contribution in [3.63, 3.8) is 0 Å². The van der Waals surface area contributed by atoms with Crippen LogP contribution in [0.1, 0.15) is 43.8 Å². The number of benzene rings is 1. The molecule has 0 spiro atoms. The Morgan fingerprint density at radius 1 is 1.34 bits per heavy atom. The lowest BCUT2D eigenvalue weighted by Crippen LogP contribution is -2.42. The Hall–Kier alpha value is -2.20. The highest BCUT2D eigenvalue weighted by atomic mass is 32.2. The summed E-state index contributed by atoms with van der Waals surface area (Å²) in [5.41, 5.74) is 0.374. The number of fused-ring (bicyclic) bond motifs is 1. The maximum atomic E-state index is 14.8. The van der Waals surface area contributed by atoms with E-state index in [0.717, 1.165) is 44.4 Å². The second-order valence-corrected chi connectivity index (χ2v) is 11.5. The van der Waals surface area contributed by atoms with Gasteiger partial charge < -0.3 is 19.8 Å². The molecule has 0 bridgehead atoms. The van der Waals surface area contributed by atoms with E-state index < -0.39 is 23.3 Å². The molecule has 1 aliphatic rings. The fraction of sp³-hybridized carbons (Fsp3) is 0.462. The summed E-state index contributed by atoms with van der Waals surface area (Å²) in [6.07, 6.45) is 2.45. The first-order chi connectivity index (χ1) is 16.9. The molecule has 0 amide bonds. The molecular weight excluding hydrogens is 487 g/mol. The van der Waals surface area contributed by atoms with Gasteiger partial charge >= 0.3 is 5.97 Å². The summed E-state index contributed by atoms with van der Waals surface area (Å²) in [7, 11) is 1.53. The number of aromatic nitrogens is 1. The van der Waals surface area contributed by atoms with Crippen LogP contribution in [-0.2, 0) is 4.79 Å². The number of hydrogen-bond acceptors (Lipinski definition) is 7. The number of nitrogens with zero attached hydrogens (tertiary/aromatic N) is 2. The molecule has 1 fully saturated rings. The standard InChI is InChI=1S/C26H31FN2O4S2/c1-33-18-4-5-21-19(15-18)25(20(27)17-28-21)22(30)6-7-26(16-23(31)32)8-10-29(11-9-26)12-14-35-24-3-2-13-34-24/h2-5,13,15,17,22,30H,6-12,14,16H2,1H3,(H,31,32). The van der Waals surface area contributed by atoms with E-state index in [0.29, 0.717) is 23.1 Å². The normalized spacial score (nSPS) is 16.9. The number of aliphatic carboxylic acids is 1. The fourth-order valence-electron chi connectivity index (χ4n) is 4.93. The van der Waals surface area contributed by atoms with E-state index in [1.165, 1.54) is 11.3 Å². The van der Waals surface area contributed by atoms with Gasteiger partial charge in [0.25, 0.3) is 0 Å². The number of halogens is 1. The predicted octanol–water partition coefficient (Wildman–Crippen LogP) is 5.61. The van der Waals surface area contributed by atoms with Crippen LogP contribution >= 0.6 is 23.1 Å². The molecule has 0 radical (unpaired) electrons. The fourth-order valence-corrected chi connectivity index (χ4v) is 6.79. The largest absolute Gasteiger partial charge is 0.497 e. The number of likely N-dealkylation sites (tertiary alicyclic amines) is 1. The van der Waals surface area contributed by atoms with Crippen molar-refractivity contribution in [3.8, 4) is 5.75 Å². The van der Waals surface area contributed by atoms with Crippen molar-refractivity contribution in [1.82, 2.24) is 9.88 Å². The average molecular weight is 519 g/mol. The molecule has 35 heavy (non-hydrogen) atoms. The lowest BCUT2D eigenvalue weighted by molar-refractivity contribution is -0.141. The summed E-state index contributed by atoms with van der Waals surface area (Å²) in [6.45, 7) is 2.63. The molecule has 3 aromatic rings. The molecule has 9 heteroatoms. The van der Waals surface area contributed by atoms with Gasteiger partial charge in [0.05, 0.1) is 35.6 Å². The van der Waals surface area contributed by atoms with E-state index in [1.807, 2.05) is 11.8 Å². The van der Waals surface area contributed by atoms with Crippen LogP contribution in [0.15, 0.2) is 46.1 Å². The summed E-state index contributed by atoms with van der Waals surface area (Å²) in [4.78, 5) is 18.2. The molecule has 1 unspecified atom stereocenters. The average Bonchev–Trinajstić information content (AvgIpc) is 3.36. The van der Waals surface area contributed by atoms with Crippen LogP contribution in [0.5, 0.6) is 5.75 Å². The molecule has 2 aromatic heterocycles. The molecule has 0 aliphatic carbocycles. The minimum absolute atomic E-state index is 0.0604. The van der Waals surface area contributed by atoms with E-state index in [4.69, 9.17) is 4.74 Å². The number of piperidine rings is 1. The molecule has 4 rings (SSSR count). The Kier molecular flexibility index (Phi) is 8.64. The third-order valence-electron chi connectivity index (χ3n) is 6.94. The third kappa shape index (κ3) is 6.52. The Labute approximate surface area is 213 Å². The quantitative estimate of drug-likeness (QED) is 0.319. The SMILES string of the molecule is COc1ccc2ncc(F)c(C(O)CCC3(CC(=O)O)CCN(CCSc4cccs4)CC3)c2c1. The highest BCUT2D eigenvalue weighted by Gasteiger charge is 2.37. The van der Waals surface area contributed by atoms with E-state index in [9.17, 15) is 19.4 Å². The molecule has 188 valence electrons. The first kappa shape index (κ1) is 25.9. The maximum Gasteiger partial charge on any atom is 0.303 e. The van der Waals surface area contributed by atoms with Crippen LogP contribution in [0.4, 0.5) is 4.39 Å². The van der Waals surface area contributed by atoms with Crippen molar-refractivity contribution in [1.29, 1.82) is 0 Å². The Bertz CT molecular complexity index is 1130. The van der Waals surface area contributed by atoms with Gasteiger partial charge in [-0.1, -0.05) is 6.07 Å². The van der Waals surface area contributed by atoms with Crippen LogP contribution in [0.2, 0.25) is 0 Å². The van der Waals surface area contributed by atoms with Crippen molar-refractivity contribution in [3.05, 3.63) is 53.3 Å². The van der Waals surface area contributed by atoms with Gasteiger partial charge in [-0.2, -0.15) is 0 Å². The van der Waals surface area contributed by atoms with Gasteiger partial charge in [-0.3, -0.25) is 9.78 Å². The number of pyridine rings is 1. The number of rotatable bonds is 11. The van der Waals surface area contributed by atoms with Gasteiger partial charge in [0.1, 0.15) is 11.6 Å². The zero-order valence-corrected chi connectivity index (χ0v) is 21.4. The van der Waals surface area contributed by atoms with Gasteiger partial charge in [0, 0.05) is 23.2 Å². The van der Waals surface area contributed by atoms with E-state index >= 15 is 0 Å². The number of aliphatic hydroxyl groups excluding tert-OH is 1. The number of hydrogen-bond donors (Lipinski definition) is 2. The summed E-state index contributed by atoms with van der Waals surface area (Å²) in [5, 5.41) is 23.2. The second-order valence-electron chi connectivity index (χ2n) is 9.15. The smallest absolute Gasteiger partial charge is 0.303 e. The third-order valence-corrected chi connectivity index (χ3v) is 9.05. The molecule has 2 N–H and O–H groups in total. The van der Waals surface area contributed by atoms with Crippen LogP contribution in [0.3, 0.4) is 0 Å². The van der Waals surface area contributed by atoms with Crippen molar-refractivity contribution < 1.29 is 24.1 Å². The minimum atomic E-state index is -1.06. The number of carbonyl (C=O) groups is 1. The van der Waals surface area contributed by atoms with Crippen molar-refractivity contribution >= 4 is 40.0 Å². The topological polar surface area (TPSA) is 82.9 Å². The first-order valence-electron chi connectivity index (χ1n) is 11.8. The lowest BCUT2D eigenvalue weighted by Gasteiger charge is -2.41. The summed E-state index contributed by atoms with van der Waals surface area (Å²) in [5.74, 6) is 0.170. The monoisotopic (exact) mass is 518 g/mol. The zero-order valence-electron chi connectivity index (χ0n) is 19.8. The van der Waals surface area contributed by atoms with Gasteiger partial charge in [-0.25, -0.2) is 4.39 Å². The summed E-state index contributed by atoms with van der Waals surface area (Å²) in [6, 6.07) is 9.35. The Balaban J connectivity index is 1.40. The summed E-state index contributed by atoms with van der Waals surface area (Å²) >= 11 is 3.59. The maximum absolute atomic E-state index is 14.8. The number of thioether (sulfide) groups is 1. The predicted molar refractivity (Wildman–Crippen MR) is 138 cm³/mol. The van der Waals surface area contributed by atoms with Crippen molar-refractivity contribution in [2.45, 2.75) is 42.4 Å². The van der Waals surface area contributed by atoms with Crippen LogP contribution in [0, 0.1) is 11.2 Å². The lowest BCUT2D eigenvalue weighted by atomic mass is 9.71. The van der Waals surface area contributed by atoms with Crippen LogP contribution in [-0.4, -0.2) is 58.6 Å². The highest BCUT2D eigenvalue weighted by molar-refractivity contribution is 8.01. The number of carboxylic acids is 1. The van der Waals surface area contributed by atoms with Gasteiger partial charge in [-0.15, -0.1) is 23.1 Å². The second kappa shape index (κ2) is 11.7. The Morgan fingerprint density at radius 3 is 2.83 bits per heavy atom. The van der Waals surface area contributed by atoms with Gasteiger partial charge in [-0.05, 0) is 73.8 Å². The van der Waals surface area contributed by atoms with E-state index in [-0.39, 0.29) is 18.4 Å². The van der Waals surface area contributed by atoms with E-state index in [1.54, 1.807) is 29.5 Å². The number of thiophene rings is 1. The molecule has 0 saturated carbocycles. The number of methoxy groups -OCH3 is 1. The molecule has 1 aromatic carbocycles. The molecule has 1 saturated heterocycles. The number of aliphatic hydroxyl groups is 1. The highest BCUT2D eigenvalue weighted by Crippen LogP contribution is 2.42. The van der Waals surface area contributed by atoms with Gasteiger partial charge in [0.2, 0.25) is 0 Å². The molecule has 6 nitrogen and oxygen atoms in total. The van der Waals surface area contributed by atoms with Crippen molar-refractivity contribution in [2.24, 2.45) is 5.41 Å². The Morgan fingerprint density at radius 2 is 2.14 bits per heavy atom. The minimum Gasteiger partial charge on any atom is -0.497 e.